The monoisotopic (exact) mass is 283 g/mol. The van der Waals surface area contributed by atoms with Crippen LogP contribution in [0.15, 0.2) is 0 Å². The molecule has 3 unspecified atom stereocenters. The van der Waals surface area contributed by atoms with Gasteiger partial charge in [0.2, 0.25) is 0 Å². The highest BCUT2D eigenvalue weighted by atomic mass is 16.5. The first-order valence-corrected chi connectivity index (χ1v) is 8.55. The van der Waals surface area contributed by atoms with Crippen LogP contribution in [0.3, 0.4) is 0 Å². The van der Waals surface area contributed by atoms with Crippen molar-refractivity contribution in [2.75, 3.05) is 45.9 Å². The van der Waals surface area contributed by atoms with E-state index in [2.05, 4.69) is 35.9 Å². The molecule has 2 saturated heterocycles. The minimum absolute atomic E-state index is 0.462. The van der Waals surface area contributed by atoms with E-state index in [1.807, 2.05) is 0 Å². The minimum Gasteiger partial charge on any atom is -0.377 e. The Bertz CT molecular complexity index is 264. The summed E-state index contributed by atoms with van der Waals surface area (Å²) >= 11 is 0. The van der Waals surface area contributed by atoms with Gasteiger partial charge in [-0.3, -0.25) is 9.80 Å². The van der Waals surface area contributed by atoms with E-state index < -0.39 is 0 Å². The summed E-state index contributed by atoms with van der Waals surface area (Å²) in [5, 5.41) is 3.60. The largest absolute Gasteiger partial charge is 0.377 e. The van der Waals surface area contributed by atoms with Crippen molar-refractivity contribution in [3.63, 3.8) is 0 Å². The van der Waals surface area contributed by atoms with Crippen LogP contribution in [0, 0.1) is 0 Å². The summed E-state index contributed by atoms with van der Waals surface area (Å²) in [4.78, 5) is 5.25. The Morgan fingerprint density at radius 3 is 2.75 bits per heavy atom. The van der Waals surface area contributed by atoms with Crippen molar-refractivity contribution in [2.24, 2.45) is 0 Å². The Labute approximate surface area is 124 Å². The van der Waals surface area contributed by atoms with Crippen LogP contribution in [-0.2, 0) is 4.74 Å². The fourth-order valence-electron chi connectivity index (χ4n) is 3.59. The molecular weight excluding hydrogens is 250 g/mol. The van der Waals surface area contributed by atoms with Crippen LogP contribution in [0.5, 0.6) is 0 Å². The van der Waals surface area contributed by atoms with Crippen LogP contribution in [0.2, 0.25) is 0 Å². The maximum absolute atomic E-state index is 5.66. The molecule has 0 bridgehead atoms. The van der Waals surface area contributed by atoms with Gasteiger partial charge in [-0.2, -0.15) is 0 Å². The van der Waals surface area contributed by atoms with Gasteiger partial charge in [0.15, 0.2) is 0 Å². The van der Waals surface area contributed by atoms with Crippen LogP contribution < -0.4 is 5.32 Å². The Kier molecular flexibility index (Phi) is 6.75. The molecule has 0 aromatic heterocycles. The lowest BCUT2D eigenvalue weighted by Crippen LogP contribution is -2.43. The van der Waals surface area contributed by atoms with Gasteiger partial charge in [0, 0.05) is 44.9 Å². The first kappa shape index (κ1) is 16.2. The average molecular weight is 283 g/mol. The molecule has 0 saturated carbocycles. The van der Waals surface area contributed by atoms with Gasteiger partial charge < -0.3 is 10.1 Å². The molecule has 2 heterocycles. The zero-order chi connectivity index (χ0) is 14.4. The normalized spacial score (nSPS) is 29.4. The third-order valence-electron chi connectivity index (χ3n) is 4.98. The summed E-state index contributed by atoms with van der Waals surface area (Å²) in [5.41, 5.74) is 0. The molecular formula is C16H33N3O. The molecule has 2 rings (SSSR count). The molecule has 0 aliphatic carbocycles. The molecule has 0 spiro atoms. The van der Waals surface area contributed by atoms with Gasteiger partial charge in [-0.05, 0) is 39.3 Å². The van der Waals surface area contributed by atoms with Gasteiger partial charge in [-0.1, -0.05) is 13.8 Å². The third kappa shape index (κ3) is 4.42. The van der Waals surface area contributed by atoms with Crippen LogP contribution >= 0.6 is 0 Å². The van der Waals surface area contributed by atoms with E-state index in [0.29, 0.717) is 12.1 Å². The van der Waals surface area contributed by atoms with E-state index in [0.717, 1.165) is 25.7 Å². The lowest BCUT2D eigenvalue weighted by Gasteiger charge is -2.28. The van der Waals surface area contributed by atoms with E-state index in [1.54, 1.807) is 0 Å². The Balaban J connectivity index is 1.64. The van der Waals surface area contributed by atoms with Crippen molar-refractivity contribution < 1.29 is 4.74 Å². The zero-order valence-corrected chi connectivity index (χ0v) is 13.6. The standard InChI is InChI=1S/C16H33N3O/c1-4-18(5-2)15-8-9-19(13-15)14(3)11-17-12-16-7-6-10-20-16/h14-17H,4-13H2,1-3H3. The van der Waals surface area contributed by atoms with Crippen molar-refractivity contribution in [3.05, 3.63) is 0 Å². The predicted molar refractivity (Wildman–Crippen MR) is 84.2 cm³/mol. The molecule has 4 heteroatoms. The van der Waals surface area contributed by atoms with Crippen LogP contribution in [0.25, 0.3) is 0 Å². The van der Waals surface area contributed by atoms with Gasteiger partial charge >= 0.3 is 0 Å². The van der Waals surface area contributed by atoms with Crippen LogP contribution in [-0.4, -0.2) is 73.9 Å². The molecule has 2 fully saturated rings. The van der Waals surface area contributed by atoms with Crippen molar-refractivity contribution >= 4 is 0 Å². The van der Waals surface area contributed by atoms with E-state index in [4.69, 9.17) is 4.74 Å². The molecule has 3 atom stereocenters. The number of ether oxygens (including phenoxy) is 1. The topological polar surface area (TPSA) is 27.7 Å². The second kappa shape index (κ2) is 8.32. The molecule has 2 aliphatic heterocycles. The van der Waals surface area contributed by atoms with Gasteiger partial charge in [-0.25, -0.2) is 0 Å². The molecule has 0 radical (unpaired) electrons. The molecule has 118 valence electrons. The maximum atomic E-state index is 5.66. The number of hydrogen-bond donors (Lipinski definition) is 1. The fraction of sp³-hybridized carbons (Fsp3) is 1.00. The lowest BCUT2D eigenvalue weighted by atomic mass is 10.2. The second-order valence-electron chi connectivity index (χ2n) is 6.30. The molecule has 0 aromatic carbocycles. The summed E-state index contributed by atoms with van der Waals surface area (Å²) in [6.45, 7) is 14.8. The van der Waals surface area contributed by atoms with Crippen molar-refractivity contribution in [3.8, 4) is 0 Å². The molecule has 2 aliphatic rings. The predicted octanol–water partition coefficient (Wildman–Crippen LogP) is 1.56. The third-order valence-corrected chi connectivity index (χ3v) is 4.98. The Morgan fingerprint density at radius 2 is 2.10 bits per heavy atom. The number of hydrogen-bond acceptors (Lipinski definition) is 4. The minimum atomic E-state index is 0.462. The van der Waals surface area contributed by atoms with E-state index in [9.17, 15) is 0 Å². The molecule has 0 amide bonds. The Morgan fingerprint density at radius 1 is 1.30 bits per heavy atom. The number of likely N-dealkylation sites (tertiary alicyclic amines) is 1. The van der Waals surface area contributed by atoms with Gasteiger partial charge in [0.05, 0.1) is 6.10 Å². The molecule has 4 nitrogen and oxygen atoms in total. The zero-order valence-electron chi connectivity index (χ0n) is 13.6. The number of nitrogens with zero attached hydrogens (tertiary/aromatic N) is 2. The number of likely N-dealkylation sites (N-methyl/N-ethyl adjacent to an activating group) is 1. The number of rotatable bonds is 8. The van der Waals surface area contributed by atoms with Gasteiger partial charge in [0.25, 0.3) is 0 Å². The van der Waals surface area contributed by atoms with E-state index in [1.165, 1.54) is 45.4 Å². The quantitative estimate of drug-likeness (QED) is 0.732. The fourth-order valence-corrected chi connectivity index (χ4v) is 3.59. The highest BCUT2D eigenvalue weighted by Crippen LogP contribution is 2.17. The van der Waals surface area contributed by atoms with E-state index in [-0.39, 0.29) is 0 Å². The summed E-state index contributed by atoms with van der Waals surface area (Å²) in [6.07, 6.45) is 4.26. The van der Waals surface area contributed by atoms with Crippen molar-refractivity contribution in [1.82, 2.24) is 15.1 Å². The lowest BCUT2D eigenvalue weighted by molar-refractivity contribution is 0.107. The molecule has 1 N–H and O–H groups in total. The highest BCUT2D eigenvalue weighted by molar-refractivity contribution is 4.86. The van der Waals surface area contributed by atoms with Gasteiger partial charge in [0.1, 0.15) is 0 Å². The summed E-state index contributed by atoms with van der Waals surface area (Å²) in [6, 6.07) is 1.41. The summed E-state index contributed by atoms with van der Waals surface area (Å²) in [7, 11) is 0. The van der Waals surface area contributed by atoms with Crippen LogP contribution in [0.4, 0.5) is 0 Å². The van der Waals surface area contributed by atoms with Crippen LogP contribution in [0.1, 0.15) is 40.0 Å². The Hall–Kier alpha value is -0.160. The molecule has 0 aromatic rings. The summed E-state index contributed by atoms with van der Waals surface area (Å²) in [5.74, 6) is 0. The smallest absolute Gasteiger partial charge is 0.0700 e. The average Bonchev–Trinajstić information content (AvgIpc) is 3.11. The van der Waals surface area contributed by atoms with Crippen molar-refractivity contribution in [1.29, 1.82) is 0 Å². The first-order chi connectivity index (χ1) is 9.74. The SMILES string of the molecule is CCN(CC)C1CCN(C(C)CNCC2CCCO2)C1. The summed E-state index contributed by atoms with van der Waals surface area (Å²) < 4.78 is 5.66. The maximum Gasteiger partial charge on any atom is 0.0700 e. The van der Waals surface area contributed by atoms with Gasteiger partial charge in [-0.15, -0.1) is 0 Å². The first-order valence-electron chi connectivity index (χ1n) is 8.55. The van der Waals surface area contributed by atoms with Crippen molar-refractivity contribution in [2.45, 2.75) is 58.2 Å². The number of nitrogens with one attached hydrogen (secondary N) is 1. The highest BCUT2D eigenvalue weighted by Gasteiger charge is 2.28. The van der Waals surface area contributed by atoms with E-state index >= 15 is 0 Å². The second-order valence-corrected chi connectivity index (χ2v) is 6.30. The molecule has 20 heavy (non-hydrogen) atoms.